The van der Waals surface area contributed by atoms with Crippen LogP contribution in [0.1, 0.15) is 36.5 Å². The predicted octanol–water partition coefficient (Wildman–Crippen LogP) is 3.54. The summed E-state index contributed by atoms with van der Waals surface area (Å²) < 4.78 is 14.7. The maximum absolute atomic E-state index is 14.7. The first kappa shape index (κ1) is 30.2. The van der Waals surface area contributed by atoms with Crippen LogP contribution >= 0.6 is 0 Å². The lowest BCUT2D eigenvalue weighted by Crippen LogP contribution is -2.48. The number of hydroxylamine groups is 1. The highest BCUT2D eigenvalue weighted by atomic mass is 19.1. The van der Waals surface area contributed by atoms with E-state index in [0.29, 0.717) is 59.6 Å². The Bertz CT molecular complexity index is 1570. The van der Waals surface area contributed by atoms with E-state index < -0.39 is 11.7 Å². The minimum absolute atomic E-state index is 0.123. The van der Waals surface area contributed by atoms with Gasteiger partial charge in [0.2, 0.25) is 0 Å². The number of benzene rings is 2. The summed E-state index contributed by atoms with van der Waals surface area (Å²) in [6.45, 7) is 2.93. The molecule has 0 unspecified atom stereocenters. The number of rotatable bonds is 5. The van der Waals surface area contributed by atoms with E-state index in [2.05, 4.69) is 11.1 Å². The summed E-state index contributed by atoms with van der Waals surface area (Å²) in [5.41, 5.74) is 9.61. The third-order valence-corrected chi connectivity index (χ3v) is 6.62. The Kier molecular flexibility index (Phi) is 9.72. The van der Waals surface area contributed by atoms with Crippen molar-refractivity contribution in [1.29, 1.82) is 10.5 Å². The van der Waals surface area contributed by atoms with E-state index in [9.17, 15) is 24.8 Å². The quantitative estimate of drug-likeness (QED) is 0.134. The molecular weight excluding hydrogens is 531 g/mol. The van der Waals surface area contributed by atoms with Crippen LogP contribution in [0.5, 0.6) is 5.75 Å². The van der Waals surface area contributed by atoms with Crippen LogP contribution in [0, 0.1) is 28.5 Å². The van der Waals surface area contributed by atoms with E-state index in [0.717, 1.165) is 6.08 Å². The van der Waals surface area contributed by atoms with Crippen LogP contribution in [0.25, 0.3) is 28.3 Å². The fraction of sp³-hybridized carbons (Fsp3) is 0.207. The van der Waals surface area contributed by atoms with Gasteiger partial charge < -0.3 is 20.8 Å². The van der Waals surface area contributed by atoms with E-state index in [-0.39, 0.29) is 28.9 Å². The molecule has 0 aliphatic carbocycles. The number of hydrogen-bond donors (Lipinski definition) is 5. The summed E-state index contributed by atoms with van der Waals surface area (Å²) >= 11 is 0. The Morgan fingerprint density at radius 2 is 1.83 bits per heavy atom. The molecule has 0 atom stereocenters. The second-order valence-corrected chi connectivity index (χ2v) is 9.49. The van der Waals surface area contributed by atoms with Crippen LogP contribution in [-0.4, -0.2) is 51.4 Å². The zero-order valence-electron chi connectivity index (χ0n) is 22.0. The normalized spacial score (nSPS) is 13.9. The van der Waals surface area contributed by atoms with E-state index in [4.69, 9.17) is 20.8 Å². The Morgan fingerprint density at radius 3 is 2.39 bits per heavy atom. The molecule has 2 heterocycles. The highest BCUT2D eigenvalue weighted by Crippen LogP contribution is 2.40. The van der Waals surface area contributed by atoms with Crippen molar-refractivity contribution in [3.05, 3.63) is 71.2 Å². The number of aromatic nitrogens is 1. The number of pyridine rings is 1. The second kappa shape index (κ2) is 13.2. The van der Waals surface area contributed by atoms with Crippen molar-refractivity contribution in [1.82, 2.24) is 10.5 Å². The molecule has 1 aliphatic heterocycles. The van der Waals surface area contributed by atoms with E-state index >= 15 is 0 Å². The van der Waals surface area contributed by atoms with Crippen LogP contribution < -0.4 is 16.1 Å². The molecule has 3 aromatic rings. The topological polar surface area (TPSA) is 197 Å². The summed E-state index contributed by atoms with van der Waals surface area (Å²) in [4.78, 5) is 26.2. The molecule has 1 amide bonds. The lowest BCUT2D eigenvalue weighted by atomic mass is 9.89. The zero-order valence-corrected chi connectivity index (χ0v) is 22.0. The van der Waals surface area contributed by atoms with Crippen LogP contribution in [0.3, 0.4) is 0 Å². The SMILES string of the molecule is CC1(N)CCN(c2ncc(-c3ccc(/C=C/C(=O)NO)c(O)c3)c(-c3ccc(C#N)c(F)c3)c2C#N)CC1.O=CO. The standard InChI is InChI=1S/C28H25FN6O3.CH2O2/c1-28(32)8-10-35(11-9-28)27-21(15-31)26(19-4-5-20(14-30)23(29)12-19)22(16-33-27)18-3-2-17(24(36)13-18)6-7-25(37)34-38;2-1-3/h2-7,12-13,16,36,38H,8-11,32H2,1H3,(H,34,37);1H,(H,2,3)/b7-6+;. The number of hydrogen-bond acceptors (Lipinski definition) is 9. The van der Waals surface area contributed by atoms with E-state index in [1.807, 2.05) is 11.8 Å². The predicted molar refractivity (Wildman–Crippen MR) is 148 cm³/mol. The average Bonchev–Trinajstić information content (AvgIpc) is 2.96. The Labute approximate surface area is 235 Å². The maximum atomic E-state index is 14.7. The number of phenolic OH excluding ortho intramolecular Hbond substituents is 1. The van der Waals surface area contributed by atoms with Crippen molar-refractivity contribution in [2.75, 3.05) is 18.0 Å². The van der Waals surface area contributed by atoms with Gasteiger partial charge in [-0.05, 0) is 55.2 Å². The zero-order chi connectivity index (χ0) is 30.2. The van der Waals surface area contributed by atoms with Gasteiger partial charge in [-0.1, -0.05) is 18.2 Å². The summed E-state index contributed by atoms with van der Waals surface area (Å²) in [6, 6.07) is 12.8. The number of carbonyl (C=O) groups is 2. The molecule has 41 heavy (non-hydrogen) atoms. The van der Waals surface area contributed by atoms with Gasteiger partial charge in [-0.3, -0.25) is 14.8 Å². The number of anilines is 1. The van der Waals surface area contributed by atoms with Gasteiger partial charge in [0.15, 0.2) is 0 Å². The number of nitrogens with zero attached hydrogens (tertiary/aromatic N) is 4. The number of aromatic hydroxyl groups is 1. The lowest BCUT2D eigenvalue weighted by molar-refractivity contribution is -0.124. The first-order valence-electron chi connectivity index (χ1n) is 12.3. The summed E-state index contributed by atoms with van der Waals surface area (Å²) in [5, 5.41) is 45.6. The number of nitrogens with one attached hydrogen (secondary N) is 1. The average molecular weight is 559 g/mol. The van der Waals surface area contributed by atoms with Gasteiger partial charge in [0.1, 0.15) is 35.1 Å². The Morgan fingerprint density at radius 1 is 1.17 bits per heavy atom. The fourth-order valence-corrected chi connectivity index (χ4v) is 4.41. The van der Waals surface area contributed by atoms with Gasteiger partial charge in [-0.15, -0.1) is 0 Å². The first-order chi connectivity index (χ1) is 19.6. The molecule has 0 bridgehead atoms. The van der Waals surface area contributed by atoms with Crippen molar-refractivity contribution >= 4 is 24.3 Å². The monoisotopic (exact) mass is 558 g/mol. The molecule has 1 aliphatic rings. The van der Waals surface area contributed by atoms with Crippen molar-refractivity contribution < 1.29 is 29.4 Å². The molecule has 0 saturated carbocycles. The smallest absolute Gasteiger partial charge is 0.290 e. The molecule has 0 radical (unpaired) electrons. The van der Waals surface area contributed by atoms with Crippen molar-refractivity contribution in [3.63, 3.8) is 0 Å². The lowest BCUT2D eigenvalue weighted by Gasteiger charge is -2.38. The molecule has 1 saturated heterocycles. The summed E-state index contributed by atoms with van der Waals surface area (Å²) in [7, 11) is 0. The second-order valence-electron chi connectivity index (χ2n) is 9.49. The number of phenols is 1. The van der Waals surface area contributed by atoms with Gasteiger partial charge in [0.25, 0.3) is 12.4 Å². The molecular formula is C29H27FN6O5. The number of halogens is 1. The van der Waals surface area contributed by atoms with Crippen LogP contribution in [0.2, 0.25) is 0 Å². The maximum Gasteiger partial charge on any atom is 0.290 e. The number of nitriles is 2. The van der Waals surface area contributed by atoms with Gasteiger partial charge in [0, 0.05) is 47.6 Å². The third kappa shape index (κ3) is 7.02. The Hall–Kier alpha value is -5.30. The van der Waals surface area contributed by atoms with Gasteiger partial charge in [0.05, 0.1) is 5.56 Å². The third-order valence-electron chi connectivity index (χ3n) is 6.62. The highest BCUT2D eigenvalue weighted by Gasteiger charge is 2.29. The molecule has 12 heteroatoms. The number of carbonyl (C=O) groups excluding carboxylic acids is 1. The molecule has 11 nitrogen and oxygen atoms in total. The largest absolute Gasteiger partial charge is 0.507 e. The molecule has 0 spiro atoms. The number of amides is 1. The van der Waals surface area contributed by atoms with Crippen molar-refractivity contribution in [2.24, 2.45) is 5.73 Å². The molecule has 4 rings (SSSR count). The van der Waals surface area contributed by atoms with E-state index in [1.165, 1.54) is 29.8 Å². The van der Waals surface area contributed by atoms with Crippen LogP contribution in [0.4, 0.5) is 10.2 Å². The minimum Gasteiger partial charge on any atom is -0.507 e. The highest BCUT2D eigenvalue weighted by molar-refractivity contribution is 5.93. The first-order valence-corrected chi connectivity index (χ1v) is 12.3. The number of piperidine rings is 1. The van der Waals surface area contributed by atoms with Crippen LogP contribution in [0.15, 0.2) is 48.7 Å². The number of carboxylic acid groups (broad SMARTS) is 1. The van der Waals surface area contributed by atoms with Crippen LogP contribution in [-0.2, 0) is 9.59 Å². The van der Waals surface area contributed by atoms with Gasteiger partial charge in [-0.25, -0.2) is 14.9 Å². The number of nitrogens with two attached hydrogens (primary N) is 1. The molecule has 1 aromatic heterocycles. The molecule has 1 fully saturated rings. The molecule has 2 aromatic carbocycles. The van der Waals surface area contributed by atoms with Crippen molar-refractivity contribution in [2.45, 2.75) is 25.3 Å². The Balaban J connectivity index is 0.00000147. The summed E-state index contributed by atoms with van der Waals surface area (Å²) in [6.07, 6.45) is 5.36. The molecule has 6 N–H and O–H groups in total. The van der Waals surface area contributed by atoms with Gasteiger partial charge >= 0.3 is 0 Å². The summed E-state index contributed by atoms with van der Waals surface area (Å²) in [5.74, 6) is -1.20. The van der Waals surface area contributed by atoms with Crippen molar-refractivity contribution in [3.8, 4) is 40.1 Å². The fourth-order valence-electron chi connectivity index (χ4n) is 4.41. The van der Waals surface area contributed by atoms with E-state index in [1.54, 1.807) is 30.5 Å². The molecule has 210 valence electrons. The van der Waals surface area contributed by atoms with Gasteiger partial charge in [-0.2, -0.15) is 10.5 Å². The minimum atomic E-state index is -0.760.